The van der Waals surface area contributed by atoms with E-state index in [0.717, 1.165) is 60.9 Å². The van der Waals surface area contributed by atoms with Gasteiger partial charge in [0.1, 0.15) is 5.75 Å². The molecule has 6 rings (SSSR count). The van der Waals surface area contributed by atoms with Crippen LogP contribution in [0.25, 0.3) is 0 Å². The second-order valence-corrected chi connectivity index (χ2v) is 8.77. The van der Waals surface area contributed by atoms with Gasteiger partial charge in [-0.15, -0.1) is 0 Å². The fraction of sp³-hybridized carbons (Fsp3) is 0.458. The maximum Gasteiger partial charge on any atom is 0.231 e. The third kappa shape index (κ3) is 2.77. The molecule has 6 nitrogen and oxygen atoms in total. The van der Waals surface area contributed by atoms with Crippen LogP contribution in [-0.4, -0.2) is 42.9 Å². The number of likely N-dealkylation sites (tertiary alicyclic amines) is 1. The Balaban J connectivity index is 1.36. The summed E-state index contributed by atoms with van der Waals surface area (Å²) in [6.45, 7) is 6.06. The molecule has 0 aliphatic carbocycles. The summed E-state index contributed by atoms with van der Waals surface area (Å²) in [4.78, 5) is 1.68. The zero-order valence-electron chi connectivity index (χ0n) is 17.4. The average molecular weight is 407 g/mol. The lowest BCUT2D eigenvalue weighted by molar-refractivity contribution is -0.908. The predicted octanol–water partition coefficient (Wildman–Crippen LogP) is 2.74. The molecule has 0 bridgehead atoms. The van der Waals surface area contributed by atoms with Crippen LogP contribution in [0.1, 0.15) is 49.8 Å². The highest BCUT2D eigenvalue weighted by Gasteiger charge is 2.52. The van der Waals surface area contributed by atoms with E-state index in [0.29, 0.717) is 6.79 Å². The van der Waals surface area contributed by atoms with Crippen LogP contribution < -0.4 is 19.1 Å². The van der Waals surface area contributed by atoms with Crippen molar-refractivity contribution in [2.45, 2.75) is 44.4 Å². The molecule has 0 unspecified atom stereocenters. The first-order chi connectivity index (χ1) is 14.8. The number of piperidine rings is 1. The van der Waals surface area contributed by atoms with Crippen molar-refractivity contribution in [2.24, 2.45) is 5.10 Å². The van der Waals surface area contributed by atoms with Crippen LogP contribution >= 0.6 is 0 Å². The number of para-hydroxylation sites is 1. The first kappa shape index (κ1) is 18.1. The molecule has 0 radical (unpaired) electrons. The third-order valence-electron chi connectivity index (χ3n) is 6.95. The smallest absolute Gasteiger partial charge is 0.231 e. The highest BCUT2D eigenvalue weighted by atomic mass is 16.7. The Morgan fingerprint density at radius 1 is 1.07 bits per heavy atom. The van der Waals surface area contributed by atoms with E-state index < -0.39 is 0 Å². The van der Waals surface area contributed by atoms with Crippen LogP contribution in [0, 0.1) is 0 Å². The van der Waals surface area contributed by atoms with E-state index in [2.05, 4.69) is 48.3 Å². The molecule has 6 heteroatoms. The number of hydrogen-bond acceptors (Lipinski definition) is 5. The van der Waals surface area contributed by atoms with Gasteiger partial charge >= 0.3 is 0 Å². The molecule has 2 aromatic rings. The van der Waals surface area contributed by atoms with Gasteiger partial charge in [0.25, 0.3) is 0 Å². The maximum absolute atomic E-state index is 6.72. The number of quaternary nitrogens is 1. The van der Waals surface area contributed by atoms with Gasteiger partial charge in [-0.2, -0.15) is 5.10 Å². The van der Waals surface area contributed by atoms with Gasteiger partial charge in [-0.25, -0.2) is 5.01 Å². The Kier molecular flexibility index (Phi) is 4.16. The maximum atomic E-state index is 6.72. The van der Waals surface area contributed by atoms with Crippen molar-refractivity contribution < 1.29 is 19.1 Å². The van der Waals surface area contributed by atoms with Crippen molar-refractivity contribution in [3.63, 3.8) is 0 Å². The second-order valence-electron chi connectivity index (χ2n) is 8.77. The van der Waals surface area contributed by atoms with Gasteiger partial charge in [-0.05, 0) is 30.7 Å². The van der Waals surface area contributed by atoms with E-state index in [1.807, 2.05) is 6.07 Å². The van der Waals surface area contributed by atoms with E-state index >= 15 is 0 Å². The second kappa shape index (κ2) is 6.91. The fourth-order valence-electron chi connectivity index (χ4n) is 5.41. The van der Waals surface area contributed by atoms with Crippen molar-refractivity contribution in [1.29, 1.82) is 0 Å². The van der Waals surface area contributed by atoms with Crippen LogP contribution in [0.4, 0.5) is 0 Å². The molecule has 2 aromatic carbocycles. The Bertz CT molecular complexity index is 997. The van der Waals surface area contributed by atoms with Crippen LogP contribution in [0.2, 0.25) is 0 Å². The fourth-order valence-corrected chi connectivity index (χ4v) is 5.41. The number of hydrogen-bond donors (Lipinski definition) is 1. The summed E-state index contributed by atoms with van der Waals surface area (Å²) in [7, 11) is 0. The highest BCUT2D eigenvalue weighted by molar-refractivity contribution is 6.02. The number of nitrogens with one attached hydrogen (secondary N) is 1. The van der Waals surface area contributed by atoms with E-state index in [1.54, 1.807) is 4.90 Å². The Morgan fingerprint density at radius 2 is 1.90 bits per heavy atom. The molecule has 0 amide bonds. The first-order valence-corrected chi connectivity index (χ1v) is 11.1. The molecule has 30 heavy (non-hydrogen) atoms. The molecule has 1 atom stereocenters. The van der Waals surface area contributed by atoms with Gasteiger partial charge in [-0.1, -0.05) is 25.1 Å². The summed E-state index contributed by atoms with van der Waals surface area (Å²) in [6, 6.07) is 14.9. The first-order valence-electron chi connectivity index (χ1n) is 11.1. The largest absolute Gasteiger partial charge is 0.466 e. The molecule has 1 saturated heterocycles. The van der Waals surface area contributed by atoms with Crippen molar-refractivity contribution in [2.75, 3.05) is 26.4 Å². The van der Waals surface area contributed by atoms with Crippen molar-refractivity contribution in [3.05, 3.63) is 53.6 Å². The van der Waals surface area contributed by atoms with E-state index in [4.69, 9.17) is 19.3 Å². The van der Waals surface area contributed by atoms with Crippen LogP contribution in [0.15, 0.2) is 47.6 Å². The summed E-state index contributed by atoms with van der Waals surface area (Å²) < 4.78 is 17.8. The zero-order chi connectivity index (χ0) is 20.1. The Labute approximate surface area is 177 Å². The van der Waals surface area contributed by atoms with Crippen molar-refractivity contribution in [3.8, 4) is 17.2 Å². The molecule has 4 aliphatic rings. The third-order valence-corrected chi connectivity index (χ3v) is 6.95. The van der Waals surface area contributed by atoms with Gasteiger partial charge < -0.3 is 19.1 Å². The highest BCUT2D eigenvalue weighted by Crippen LogP contribution is 2.49. The molecule has 4 aliphatic heterocycles. The molecule has 0 saturated carbocycles. The van der Waals surface area contributed by atoms with Gasteiger partial charge in [0.2, 0.25) is 12.5 Å². The number of nitrogens with zero attached hydrogens (tertiary/aromatic N) is 2. The summed E-state index contributed by atoms with van der Waals surface area (Å²) in [5.74, 6) is 2.65. The van der Waals surface area contributed by atoms with E-state index in [1.165, 1.54) is 18.5 Å². The molecular weight excluding hydrogens is 378 g/mol. The van der Waals surface area contributed by atoms with E-state index in [-0.39, 0.29) is 11.8 Å². The summed E-state index contributed by atoms with van der Waals surface area (Å²) >= 11 is 0. The standard InChI is InChI=1S/C24H27N3O3/c1-2-11-26-12-9-24(10-13-26)27-20(18-5-3-4-6-21(18)30-24)15-19(25-27)17-7-8-22-23(14-17)29-16-28-22/h3-8,14,20H,2,9-13,15-16H2,1H3/p+1/t20-/m0/s1. The lowest BCUT2D eigenvalue weighted by Gasteiger charge is -2.50. The lowest BCUT2D eigenvalue weighted by Crippen LogP contribution is -3.14. The quantitative estimate of drug-likeness (QED) is 0.852. The van der Waals surface area contributed by atoms with Crippen LogP contribution in [0.5, 0.6) is 17.2 Å². The normalized spacial score (nSPS) is 28.7. The minimum atomic E-state index is -0.339. The monoisotopic (exact) mass is 406 g/mol. The van der Waals surface area contributed by atoms with Gasteiger partial charge in [-0.3, -0.25) is 0 Å². The number of ether oxygens (including phenoxy) is 3. The molecule has 1 fully saturated rings. The molecule has 156 valence electrons. The lowest BCUT2D eigenvalue weighted by atomic mass is 9.90. The van der Waals surface area contributed by atoms with Gasteiger partial charge in [0.05, 0.1) is 44.2 Å². The zero-order valence-corrected chi connectivity index (χ0v) is 17.4. The van der Waals surface area contributed by atoms with Crippen LogP contribution in [0.3, 0.4) is 0 Å². The topological polar surface area (TPSA) is 47.7 Å². The van der Waals surface area contributed by atoms with Gasteiger partial charge in [0.15, 0.2) is 11.5 Å². The average Bonchev–Trinajstić information content (AvgIpc) is 3.43. The Hall–Kier alpha value is -2.73. The molecule has 4 heterocycles. The van der Waals surface area contributed by atoms with Crippen molar-refractivity contribution >= 4 is 5.71 Å². The van der Waals surface area contributed by atoms with Crippen molar-refractivity contribution in [1.82, 2.24) is 5.01 Å². The van der Waals surface area contributed by atoms with E-state index in [9.17, 15) is 0 Å². The molecule has 1 N–H and O–H groups in total. The van der Waals surface area contributed by atoms with Crippen LogP contribution in [-0.2, 0) is 0 Å². The summed E-state index contributed by atoms with van der Waals surface area (Å²) in [5.41, 5.74) is 3.11. The summed E-state index contributed by atoms with van der Waals surface area (Å²) in [6.07, 6.45) is 4.12. The predicted molar refractivity (Wildman–Crippen MR) is 113 cm³/mol. The molecule has 0 aromatic heterocycles. The number of benzene rings is 2. The minimum Gasteiger partial charge on any atom is -0.466 e. The Morgan fingerprint density at radius 3 is 2.77 bits per heavy atom. The summed E-state index contributed by atoms with van der Waals surface area (Å²) in [5, 5.41) is 7.46. The minimum absolute atomic E-state index is 0.225. The molecular formula is C24H28N3O3+. The number of rotatable bonds is 3. The SMILES string of the molecule is CCC[NH+]1CCC2(CC1)Oc1ccccc1[C@@H]1CC(c3ccc4c(c3)OCO4)=NN12. The molecule has 1 spiro atoms. The number of fused-ring (bicyclic) bond motifs is 5. The number of hydrazone groups is 1. The van der Waals surface area contributed by atoms with Gasteiger partial charge in [0, 0.05) is 17.5 Å².